The van der Waals surface area contributed by atoms with Crippen LogP contribution in [0.4, 0.5) is 13.2 Å². The van der Waals surface area contributed by atoms with E-state index < -0.39 is 17.6 Å². The molecular weight excluding hydrogens is 297 g/mol. The summed E-state index contributed by atoms with van der Waals surface area (Å²) in [6.45, 7) is 3.16. The molecule has 1 heterocycles. The minimum atomic E-state index is -4.40. The van der Waals surface area contributed by atoms with Gasteiger partial charge >= 0.3 is 6.18 Å². The lowest BCUT2D eigenvalue weighted by atomic mass is 10.1. The van der Waals surface area contributed by atoms with Crippen LogP contribution >= 0.6 is 0 Å². The molecule has 0 unspecified atom stereocenters. The van der Waals surface area contributed by atoms with Crippen molar-refractivity contribution in [2.45, 2.75) is 25.4 Å². The summed E-state index contributed by atoms with van der Waals surface area (Å²) in [5.74, 6) is -0.549. The molecule has 122 valence electrons. The van der Waals surface area contributed by atoms with Crippen LogP contribution in [-0.4, -0.2) is 37.0 Å². The third-order valence-corrected chi connectivity index (χ3v) is 3.60. The maximum Gasteiger partial charge on any atom is 0.416 e. The summed E-state index contributed by atoms with van der Waals surface area (Å²) in [5.41, 5.74) is 1.60. The van der Waals surface area contributed by atoms with E-state index in [0.29, 0.717) is 6.61 Å². The van der Waals surface area contributed by atoms with Crippen molar-refractivity contribution < 1.29 is 22.8 Å². The number of nitrogens with zero attached hydrogens (tertiary/aromatic N) is 1. The molecule has 1 aliphatic rings. The summed E-state index contributed by atoms with van der Waals surface area (Å²) in [4.78, 5) is 19.1. The van der Waals surface area contributed by atoms with Crippen LogP contribution in [0.15, 0.2) is 24.3 Å². The smallest absolute Gasteiger partial charge is 0.301 e. The molecular formula is C15H19F3N2O2. The number of rotatable bonds is 5. The van der Waals surface area contributed by atoms with Crippen molar-refractivity contribution >= 4 is 5.91 Å². The molecule has 1 aliphatic heterocycles. The zero-order valence-corrected chi connectivity index (χ0v) is 12.2. The standard InChI is InChI=1S/C15H19F3N2O2/c16-15(17,18)13-6-4-12(5-7-13)14(21)19-22-11-10-20-8-2-1-3-9-20/h4-7H,1-3,8-11H2,(H,19,21). The average Bonchev–Trinajstić information content (AvgIpc) is 2.52. The molecule has 4 nitrogen and oxygen atoms in total. The van der Waals surface area contributed by atoms with Gasteiger partial charge in [-0.15, -0.1) is 0 Å². The lowest BCUT2D eigenvalue weighted by Gasteiger charge is -2.25. The summed E-state index contributed by atoms with van der Waals surface area (Å²) in [6.07, 6.45) is -0.794. The fourth-order valence-electron chi connectivity index (χ4n) is 2.34. The van der Waals surface area contributed by atoms with Crippen LogP contribution in [-0.2, 0) is 11.0 Å². The topological polar surface area (TPSA) is 41.6 Å². The van der Waals surface area contributed by atoms with Gasteiger partial charge in [0.05, 0.1) is 12.2 Å². The van der Waals surface area contributed by atoms with E-state index in [4.69, 9.17) is 4.84 Å². The Morgan fingerprint density at radius 3 is 2.36 bits per heavy atom. The molecule has 1 N–H and O–H groups in total. The number of likely N-dealkylation sites (tertiary alicyclic amines) is 1. The lowest BCUT2D eigenvalue weighted by Crippen LogP contribution is -2.35. The molecule has 7 heteroatoms. The Hall–Kier alpha value is -1.60. The molecule has 0 atom stereocenters. The van der Waals surface area contributed by atoms with Crippen molar-refractivity contribution in [2.75, 3.05) is 26.2 Å². The van der Waals surface area contributed by atoms with Crippen LogP contribution in [0.2, 0.25) is 0 Å². The van der Waals surface area contributed by atoms with E-state index in [-0.39, 0.29) is 5.56 Å². The van der Waals surface area contributed by atoms with Crippen molar-refractivity contribution in [1.29, 1.82) is 0 Å². The second kappa shape index (κ2) is 7.60. The molecule has 0 saturated carbocycles. The molecule has 1 saturated heterocycles. The Balaban J connectivity index is 1.72. The molecule has 1 amide bonds. The van der Waals surface area contributed by atoms with Crippen LogP contribution in [0, 0.1) is 0 Å². The van der Waals surface area contributed by atoms with Crippen LogP contribution in [0.1, 0.15) is 35.2 Å². The van der Waals surface area contributed by atoms with Crippen molar-refractivity contribution in [3.8, 4) is 0 Å². The number of hydrogen-bond acceptors (Lipinski definition) is 3. The first-order valence-corrected chi connectivity index (χ1v) is 7.28. The highest BCUT2D eigenvalue weighted by molar-refractivity contribution is 5.93. The largest absolute Gasteiger partial charge is 0.416 e. The van der Waals surface area contributed by atoms with Gasteiger partial charge in [0.2, 0.25) is 0 Å². The van der Waals surface area contributed by atoms with E-state index in [2.05, 4.69) is 10.4 Å². The normalized spacial score (nSPS) is 16.5. The number of nitrogens with one attached hydrogen (secondary N) is 1. The van der Waals surface area contributed by atoms with E-state index in [9.17, 15) is 18.0 Å². The molecule has 0 spiro atoms. The summed E-state index contributed by atoms with van der Waals surface area (Å²) < 4.78 is 37.2. The molecule has 1 aromatic carbocycles. The van der Waals surface area contributed by atoms with E-state index in [1.54, 1.807) is 0 Å². The molecule has 1 aromatic rings. The van der Waals surface area contributed by atoms with Gasteiger partial charge in [-0.3, -0.25) is 9.63 Å². The number of piperidine rings is 1. The predicted molar refractivity (Wildman–Crippen MR) is 75.2 cm³/mol. The number of carbonyl (C=O) groups is 1. The van der Waals surface area contributed by atoms with Gasteiger partial charge in [0.1, 0.15) is 0 Å². The first kappa shape index (κ1) is 16.8. The van der Waals surface area contributed by atoms with Gasteiger partial charge in [0.15, 0.2) is 0 Å². The molecule has 0 radical (unpaired) electrons. The van der Waals surface area contributed by atoms with Gasteiger partial charge in [-0.1, -0.05) is 6.42 Å². The summed E-state index contributed by atoms with van der Waals surface area (Å²) in [5, 5.41) is 0. The average molecular weight is 316 g/mol. The molecule has 22 heavy (non-hydrogen) atoms. The Bertz CT molecular complexity index is 483. The molecule has 2 rings (SSSR count). The first-order chi connectivity index (χ1) is 10.5. The maximum absolute atomic E-state index is 12.4. The maximum atomic E-state index is 12.4. The van der Waals surface area contributed by atoms with Gasteiger partial charge in [-0.05, 0) is 50.2 Å². The minimum absolute atomic E-state index is 0.131. The van der Waals surface area contributed by atoms with Gasteiger partial charge in [0, 0.05) is 12.1 Å². The van der Waals surface area contributed by atoms with E-state index in [0.717, 1.165) is 43.9 Å². The highest BCUT2D eigenvalue weighted by Crippen LogP contribution is 2.29. The number of halogens is 3. The van der Waals surface area contributed by atoms with Gasteiger partial charge in [-0.25, -0.2) is 5.48 Å². The quantitative estimate of drug-likeness (QED) is 0.671. The highest BCUT2D eigenvalue weighted by Gasteiger charge is 2.30. The van der Waals surface area contributed by atoms with Gasteiger partial charge < -0.3 is 4.90 Å². The van der Waals surface area contributed by atoms with Crippen molar-refractivity contribution in [1.82, 2.24) is 10.4 Å². The van der Waals surface area contributed by atoms with E-state index >= 15 is 0 Å². The Morgan fingerprint density at radius 1 is 1.14 bits per heavy atom. The Labute approximate surface area is 127 Å². The first-order valence-electron chi connectivity index (χ1n) is 7.28. The Morgan fingerprint density at radius 2 is 1.77 bits per heavy atom. The molecule has 0 aromatic heterocycles. The van der Waals surface area contributed by atoms with Gasteiger partial charge in [0.25, 0.3) is 5.91 Å². The molecule has 1 fully saturated rings. The molecule has 0 aliphatic carbocycles. The predicted octanol–water partition coefficient (Wildman–Crippen LogP) is 2.85. The van der Waals surface area contributed by atoms with Crippen LogP contribution in [0.25, 0.3) is 0 Å². The third-order valence-electron chi connectivity index (χ3n) is 3.60. The number of benzene rings is 1. The fraction of sp³-hybridized carbons (Fsp3) is 0.533. The van der Waals surface area contributed by atoms with Gasteiger partial charge in [-0.2, -0.15) is 13.2 Å². The van der Waals surface area contributed by atoms with E-state index in [1.807, 2.05) is 0 Å². The summed E-state index contributed by atoms with van der Waals surface area (Å²) >= 11 is 0. The van der Waals surface area contributed by atoms with Crippen molar-refractivity contribution in [3.63, 3.8) is 0 Å². The Kier molecular flexibility index (Phi) is 5.79. The molecule has 0 bridgehead atoms. The fourth-order valence-corrected chi connectivity index (χ4v) is 2.34. The SMILES string of the molecule is O=C(NOCCN1CCCCC1)c1ccc(C(F)(F)F)cc1. The summed E-state index contributed by atoms with van der Waals surface area (Å²) in [7, 11) is 0. The zero-order chi connectivity index (χ0) is 16.0. The number of hydroxylamine groups is 1. The number of hydrogen-bond donors (Lipinski definition) is 1. The van der Waals surface area contributed by atoms with Crippen molar-refractivity contribution in [2.24, 2.45) is 0 Å². The summed E-state index contributed by atoms with van der Waals surface area (Å²) in [6, 6.07) is 4.02. The number of carbonyl (C=O) groups excluding carboxylic acids is 1. The van der Waals surface area contributed by atoms with Crippen LogP contribution < -0.4 is 5.48 Å². The van der Waals surface area contributed by atoms with Crippen LogP contribution in [0.3, 0.4) is 0 Å². The van der Waals surface area contributed by atoms with Crippen molar-refractivity contribution in [3.05, 3.63) is 35.4 Å². The third kappa shape index (κ3) is 4.99. The minimum Gasteiger partial charge on any atom is -0.301 e. The van der Waals surface area contributed by atoms with Crippen LogP contribution in [0.5, 0.6) is 0 Å². The lowest BCUT2D eigenvalue weighted by molar-refractivity contribution is -0.137. The number of alkyl halides is 3. The van der Waals surface area contributed by atoms with E-state index in [1.165, 1.54) is 19.3 Å². The number of amides is 1. The second-order valence-corrected chi connectivity index (χ2v) is 5.26. The second-order valence-electron chi connectivity index (χ2n) is 5.26. The highest BCUT2D eigenvalue weighted by atomic mass is 19.4. The zero-order valence-electron chi connectivity index (χ0n) is 12.2. The monoisotopic (exact) mass is 316 g/mol.